The van der Waals surface area contributed by atoms with Crippen molar-refractivity contribution in [3.63, 3.8) is 0 Å². The number of fused-ring (bicyclic) bond motifs is 1. The van der Waals surface area contributed by atoms with E-state index < -0.39 is 0 Å². The van der Waals surface area contributed by atoms with E-state index in [-0.39, 0.29) is 5.28 Å². The largest absolute Gasteiger partial charge is 0.250 e. The van der Waals surface area contributed by atoms with E-state index in [9.17, 15) is 0 Å². The van der Waals surface area contributed by atoms with Gasteiger partial charge in [-0.3, -0.25) is 4.68 Å². The first kappa shape index (κ1) is 8.44. The molecule has 2 aromatic heterocycles. The van der Waals surface area contributed by atoms with Gasteiger partial charge in [0, 0.05) is 13.2 Å². The van der Waals surface area contributed by atoms with Crippen molar-refractivity contribution in [3.8, 4) is 0 Å². The summed E-state index contributed by atoms with van der Waals surface area (Å²) in [6, 6.07) is 0. The summed E-state index contributed by atoms with van der Waals surface area (Å²) in [7, 11) is 1.85. The minimum Gasteiger partial charge on any atom is -0.250 e. The van der Waals surface area contributed by atoms with Crippen LogP contribution in [0.4, 0.5) is 0 Å². The second-order valence-corrected chi connectivity index (χ2v) is 3.14. The molecule has 0 aliphatic rings. The maximum Gasteiger partial charge on any atom is 0.224 e. The fourth-order valence-corrected chi connectivity index (χ4v) is 1.47. The van der Waals surface area contributed by atoms with Crippen molar-refractivity contribution in [1.82, 2.24) is 19.7 Å². The van der Waals surface area contributed by atoms with E-state index in [4.69, 9.17) is 11.6 Å². The topological polar surface area (TPSA) is 43.6 Å². The van der Waals surface area contributed by atoms with E-state index in [1.807, 2.05) is 7.05 Å². The van der Waals surface area contributed by atoms with Gasteiger partial charge in [0.05, 0.1) is 11.1 Å². The van der Waals surface area contributed by atoms with Crippen LogP contribution in [0, 0.1) is 0 Å². The van der Waals surface area contributed by atoms with Gasteiger partial charge in [0.2, 0.25) is 5.28 Å². The number of halogens is 1. The van der Waals surface area contributed by atoms with Gasteiger partial charge in [-0.2, -0.15) is 10.1 Å². The smallest absolute Gasteiger partial charge is 0.224 e. The Morgan fingerprint density at radius 2 is 2.31 bits per heavy atom. The van der Waals surface area contributed by atoms with Gasteiger partial charge in [-0.05, 0) is 18.0 Å². The van der Waals surface area contributed by atoms with Crippen molar-refractivity contribution in [3.05, 3.63) is 17.2 Å². The molecule has 0 fully saturated rings. The molecule has 0 unspecified atom stereocenters. The van der Waals surface area contributed by atoms with E-state index in [0.29, 0.717) is 0 Å². The van der Waals surface area contributed by atoms with Gasteiger partial charge in [-0.1, -0.05) is 6.92 Å². The standard InChI is InChI=1S/C8H9ClN4/c1-3-6-5-4-10-8(9)11-7(5)13(2)12-6/h4H,3H2,1-2H3. The third-order valence-electron chi connectivity index (χ3n) is 1.96. The number of hydrogen-bond acceptors (Lipinski definition) is 3. The second-order valence-electron chi connectivity index (χ2n) is 2.80. The van der Waals surface area contributed by atoms with Crippen LogP contribution in [0.1, 0.15) is 12.6 Å². The normalized spacial score (nSPS) is 11.0. The molecular formula is C8H9ClN4. The summed E-state index contributed by atoms with van der Waals surface area (Å²) in [6.07, 6.45) is 2.60. The zero-order valence-electron chi connectivity index (χ0n) is 7.45. The zero-order chi connectivity index (χ0) is 9.42. The molecule has 0 atom stereocenters. The summed E-state index contributed by atoms with van der Waals surface area (Å²) in [5.74, 6) is 0. The Balaban J connectivity index is 2.80. The molecule has 0 aromatic carbocycles. The summed E-state index contributed by atoms with van der Waals surface area (Å²) >= 11 is 5.68. The SMILES string of the molecule is CCc1nn(C)c2nc(Cl)ncc12. The summed E-state index contributed by atoms with van der Waals surface area (Å²) in [5.41, 5.74) is 1.80. The minimum absolute atomic E-state index is 0.262. The lowest BCUT2D eigenvalue weighted by molar-refractivity contribution is 0.761. The van der Waals surface area contributed by atoms with Crippen LogP contribution in [0.15, 0.2) is 6.20 Å². The first-order valence-corrected chi connectivity index (χ1v) is 4.44. The van der Waals surface area contributed by atoms with Crippen molar-refractivity contribution in [2.24, 2.45) is 7.05 Å². The van der Waals surface area contributed by atoms with Crippen LogP contribution in [-0.2, 0) is 13.5 Å². The third-order valence-corrected chi connectivity index (χ3v) is 2.14. The molecule has 13 heavy (non-hydrogen) atoms. The number of rotatable bonds is 1. The van der Waals surface area contributed by atoms with Gasteiger partial charge < -0.3 is 0 Å². The van der Waals surface area contributed by atoms with Crippen molar-refractivity contribution in [1.29, 1.82) is 0 Å². The predicted molar refractivity (Wildman–Crippen MR) is 50.7 cm³/mol. The summed E-state index contributed by atoms with van der Waals surface area (Å²) in [6.45, 7) is 2.05. The first-order valence-electron chi connectivity index (χ1n) is 4.06. The molecule has 68 valence electrons. The molecule has 2 heterocycles. The molecule has 0 saturated carbocycles. The van der Waals surface area contributed by atoms with Gasteiger partial charge in [0.1, 0.15) is 0 Å². The first-order chi connectivity index (χ1) is 6.22. The molecule has 0 amide bonds. The Kier molecular flexibility index (Phi) is 1.92. The maximum absolute atomic E-state index is 5.68. The average molecular weight is 197 g/mol. The number of nitrogens with zero attached hydrogens (tertiary/aromatic N) is 4. The highest BCUT2D eigenvalue weighted by atomic mass is 35.5. The highest BCUT2D eigenvalue weighted by Crippen LogP contribution is 2.16. The summed E-state index contributed by atoms with van der Waals surface area (Å²) in [4.78, 5) is 8.03. The van der Waals surface area contributed by atoms with Gasteiger partial charge in [-0.15, -0.1) is 0 Å². The van der Waals surface area contributed by atoms with Crippen LogP contribution >= 0.6 is 11.6 Å². The van der Waals surface area contributed by atoms with Crippen LogP contribution in [0.5, 0.6) is 0 Å². The Labute approximate surface area is 80.6 Å². The fraction of sp³-hybridized carbons (Fsp3) is 0.375. The quantitative estimate of drug-likeness (QED) is 0.651. The lowest BCUT2D eigenvalue weighted by Crippen LogP contribution is -1.92. The zero-order valence-corrected chi connectivity index (χ0v) is 8.21. The number of aromatic nitrogens is 4. The molecule has 4 nitrogen and oxygen atoms in total. The van der Waals surface area contributed by atoms with Crippen molar-refractivity contribution in [2.45, 2.75) is 13.3 Å². The van der Waals surface area contributed by atoms with Crippen LogP contribution in [-0.4, -0.2) is 19.7 Å². The van der Waals surface area contributed by atoms with Gasteiger partial charge in [0.15, 0.2) is 5.65 Å². The van der Waals surface area contributed by atoms with Crippen molar-refractivity contribution >= 4 is 22.6 Å². The van der Waals surface area contributed by atoms with Crippen LogP contribution in [0.25, 0.3) is 11.0 Å². The van der Waals surface area contributed by atoms with E-state index in [2.05, 4.69) is 22.0 Å². The molecule has 2 rings (SSSR count). The van der Waals surface area contributed by atoms with E-state index in [1.54, 1.807) is 10.9 Å². The molecule has 2 aromatic rings. The fourth-order valence-electron chi connectivity index (χ4n) is 1.35. The monoisotopic (exact) mass is 196 g/mol. The Morgan fingerprint density at radius 1 is 1.54 bits per heavy atom. The molecule has 0 aliphatic heterocycles. The molecule has 0 radical (unpaired) electrons. The van der Waals surface area contributed by atoms with Crippen molar-refractivity contribution < 1.29 is 0 Å². The molecule has 0 N–H and O–H groups in total. The molecule has 0 aliphatic carbocycles. The van der Waals surface area contributed by atoms with E-state index in [1.165, 1.54) is 0 Å². The van der Waals surface area contributed by atoms with E-state index in [0.717, 1.165) is 23.1 Å². The van der Waals surface area contributed by atoms with E-state index >= 15 is 0 Å². The molecule has 0 spiro atoms. The number of hydrogen-bond donors (Lipinski definition) is 0. The predicted octanol–water partition coefficient (Wildman–Crippen LogP) is 1.58. The highest BCUT2D eigenvalue weighted by Gasteiger charge is 2.08. The Morgan fingerprint density at radius 3 is 3.00 bits per heavy atom. The molecule has 0 saturated heterocycles. The van der Waals surface area contributed by atoms with Crippen LogP contribution in [0.3, 0.4) is 0 Å². The van der Waals surface area contributed by atoms with Gasteiger partial charge in [0.25, 0.3) is 0 Å². The maximum atomic E-state index is 5.68. The minimum atomic E-state index is 0.262. The summed E-state index contributed by atoms with van der Waals surface area (Å²) in [5, 5.41) is 5.55. The number of aryl methyl sites for hydroxylation is 2. The van der Waals surface area contributed by atoms with Crippen LogP contribution in [0.2, 0.25) is 5.28 Å². The Bertz CT molecular complexity index is 449. The third kappa shape index (κ3) is 1.27. The lowest BCUT2D eigenvalue weighted by atomic mass is 10.2. The van der Waals surface area contributed by atoms with Gasteiger partial charge in [-0.25, -0.2) is 4.98 Å². The Hall–Kier alpha value is -1.16. The highest BCUT2D eigenvalue weighted by molar-refractivity contribution is 6.28. The molecule has 0 bridgehead atoms. The van der Waals surface area contributed by atoms with Crippen LogP contribution < -0.4 is 0 Å². The average Bonchev–Trinajstić information content (AvgIpc) is 2.43. The van der Waals surface area contributed by atoms with Crippen molar-refractivity contribution in [2.75, 3.05) is 0 Å². The van der Waals surface area contributed by atoms with Gasteiger partial charge >= 0.3 is 0 Å². The summed E-state index contributed by atoms with van der Waals surface area (Å²) < 4.78 is 1.72. The molecule has 5 heteroatoms. The molecular weight excluding hydrogens is 188 g/mol. The lowest BCUT2D eigenvalue weighted by Gasteiger charge is -1.92. The second kappa shape index (κ2) is 2.96.